The highest BCUT2D eigenvalue weighted by atomic mass is 16.5. The Morgan fingerprint density at radius 1 is 1.07 bits per heavy atom. The molecule has 3 amide bonds. The van der Waals surface area contributed by atoms with Gasteiger partial charge in [-0.15, -0.1) is 0 Å². The molecule has 3 heterocycles. The van der Waals surface area contributed by atoms with E-state index in [1.165, 1.54) is 19.3 Å². The van der Waals surface area contributed by atoms with Gasteiger partial charge in [0.2, 0.25) is 0 Å². The molecule has 1 aliphatic carbocycles. The van der Waals surface area contributed by atoms with Crippen LogP contribution in [0.1, 0.15) is 41.7 Å². The SMILES string of the molecule is NC(=O)c1ccc(COC2CN(C(=O)N3CCCN(C4CCC4)CC3)C2)cn1. The number of pyridine rings is 1. The summed E-state index contributed by atoms with van der Waals surface area (Å²) in [6, 6.07) is 4.29. The molecule has 3 aliphatic rings. The molecule has 0 bridgehead atoms. The van der Waals surface area contributed by atoms with Gasteiger partial charge in [-0.1, -0.05) is 12.5 Å². The van der Waals surface area contributed by atoms with E-state index in [9.17, 15) is 9.59 Å². The minimum absolute atomic E-state index is 0.0539. The highest BCUT2D eigenvalue weighted by Gasteiger charge is 2.35. The predicted octanol–water partition coefficient (Wildman–Crippen LogP) is 1.06. The van der Waals surface area contributed by atoms with Gasteiger partial charge in [-0.2, -0.15) is 0 Å². The maximum Gasteiger partial charge on any atom is 0.320 e. The smallest absolute Gasteiger partial charge is 0.320 e. The Labute approximate surface area is 165 Å². The van der Waals surface area contributed by atoms with Crippen LogP contribution in [-0.2, 0) is 11.3 Å². The fraction of sp³-hybridized carbons (Fsp3) is 0.650. The highest BCUT2D eigenvalue weighted by Crippen LogP contribution is 2.26. The standard InChI is InChI=1S/C20H29N5O3/c21-19(26)18-6-5-15(11-22-18)14-28-17-12-25(13-17)20(27)24-8-2-7-23(9-10-24)16-3-1-4-16/h5-6,11,16-17H,1-4,7-10,12-14H2,(H2,21,26). The molecule has 0 spiro atoms. The van der Waals surface area contributed by atoms with Gasteiger partial charge >= 0.3 is 6.03 Å². The third kappa shape index (κ3) is 4.28. The third-order valence-corrected chi connectivity index (χ3v) is 6.07. The first-order valence-corrected chi connectivity index (χ1v) is 10.2. The molecule has 2 aliphatic heterocycles. The van der Waals surface area contributed by atoms with Crippen LogP contribution in [0.25, 0.3) is 0 Å². The molecule has 1 saturated carbocycles. The number of aromatic nitrogens is 1. The molecule has 2 N–H and O–H groups in total. The zero-order chi connectivity index (χ0) is 19.5. The summed E-state index contributed by atoms with van der Waals surface area (Å²) in [5.41, 5.74) is 6.32. The number of primary amides is 1. The van der Waals surface area contributed by atoms with Crippen LogP contribution in [-0.4, -0.2) is 83.0 Å². The maximum absolute atomic E-state index is 12.7. The maximum atomic E-state index is 12.7. The number of carbonyl (C=O) groups is 2. The van der Waals surface area contributed by atoms with Crippen molar-refractivity contribution in [3.8, 4) is 0 Å². The first-order chi connectivity index (χ1) is 13.6. The van der Waals surface area contributed by atoms with E-state index in [-0.39, 0.29) is 17.8 Å². The van der Waals surface area contributed by atoms with Crippen LogP contribution >= 0.6 is 0 Å². The zero-order valence-corrected chi connectivity index (χ0v) is 16.3. The van der Waals surface area contributed by atoms with Crippen LogP contribution < -0.4 is 5.73 Å². The van der Waals surface area contributed by atoms with Crippen molar-refractivity contribution in [2.24, 2.45) is 5.73 Å². The summed E-state index contributed by atoms with van der Waals surface area (Å²) in [6.45, 7) is 5.47. The molecule has 152 valence electrons. The lowest BCUT2D eigenvalue weighted by Crippen LogP contribution is -2.58. The topological polar surface area (TPSA) is 92.0 Å². The molecule has 8 nitrogen and oxygen atoms in total. The lowest BCUT2D eigenvalue weighted by Gasteiger charge is -2.41. The van der Waals surface area contributed by atoms with E-state index in [1.807, 2.05) is 9.80 Å². The molecule has 0 atom stereocenters. The Balaban J connectivity index is 1.18. The van der Waals surface area contributed by atoms with Gasteiger partial charge < -0.3 is 20.3 Å². The second-order valence-electron chi connectivity index (χ2n) is 8.00. The van der Waals surface area contributed by atoms with Crippen LogP contribution in [0.4, 0.5) is 4.79 Å². The number of nitrogens with two attached hydrogens (primary N) is 1. The van der Waals surface area contributed by atoms with Crippen molar-refractivity contribution in [2.75, 3.05) is 39.3 Å². The van der Waals surface area contributed by atoms with Crippen LogP contribution in [0.15, 0.2) is 18.3 Å². The Morgan fingerprint density at radius 2 is 1.89 bits per heavy atom. The van der Waals surface area contributed by atoms with Gasteiger partial charge in [0.05, 0.1) is 25.8 Å². The van der Waals surface area contributed by atoms with E-state index in [4.69, 9.17) is 10.5 Å². The fourth-order valence-corrected chi connectivity index (χ4v) is 4.02. The van der Waals surface area contributed by atoms with Gasteiger partial charge in [-0.3, -0.25) is 14.7 Å². The summed E-state index contributed by atoms with van der Waals surface area (Å²) in [5.74, 6) is -0.537. The monoisotopic (exact) mass is 387 g/mol. The van der Waals surface area contributed by atoms with E-state index in [2.05, 4.69) is 9.88 Å². The fourth-order valence-electron chi connectivity index (χ4n) is 4.02. The summed E-state index contributed by atoms with van der Waals surface area (Å²) in [4.78, 5) is 34.2. The quantitative estimate of drug-likeness (QED) is 0.816. The van der Waals surface area contributed by atoms with Crippen molar-refractivity contribution >= 4 is 11.9 Å². The van der Waals surface area contributed by atoms with Gasteiger partial charge in [-0.25, -0.2) is 4.79 Å². The van der Waals surface area contributed by atoms with Crippen LogP contribution in [0.3, 0.4) is 0 Å². The summed E-state index contributed by atoms with van der Waals surface area (Å²) in [6.07, 6.45) is 6.71. The van der Waals surface area contributed by atoms with E-state index in [0.717, 1.165) is 44.2 Å². The summed E-state index contributed by atoms with van der Waals surface area (Å²) >= 11 is 0. The van der Waals surface area contributed by atoms with Crippen molar-refractivity contribution in [3.05, 3.63) is 29.6 Å². The van der Waals surface area contributed by atoms with E-state index >= 15 is 0 Å². The molecule has 28 heavy (non-hydrogen) atoms. The highest BCUT2D eigenvalue weighted by molar-refractivity contribution is 5.90. The van der Waals surface area contributed by atoms with Crippen molar-refractivity contribution in [2.45, 2.75) is 44.4 Å². The van der Waals surface area contributed by atoms with Gasteiger partial charge in [0.25, 0.3) is 5.91 Å². The lowest BCUT2D eigenvalue weighted by atomic mass is 9.91. The molecule has 4 rings (SSSR count). The second kappa shape index (κ2) is 8.45. The molecular weight excluding hydrogens is 358 g/mol. The minimum Gasteiger partial charge on any atom is -0.370 e. The Kier molecular flexibility index (Phi) is 5.77. The first-order valence-electron chi connectivity index (χ1n) is 10.2. The number of nitrogens with zero attached hydrogens (tertiary/aromatic N) is 4. The van der Waals surface area contributed by atoms with E-state index in [1.54, 1.807) is 18.3 Å². The van der Waals surface area contributed by atoms with Crippen molar-refractivity contribution in [1.29, 1.82) is 0 Å². The normalized spacial score (nSPS) is 21.7. The minimum atomic E-state index is -0.537. The molecule has 2 saturated heterocycles. The Morgan fingerprint density at radius 3 is 2.54 bits per heavy atom. The van der Waals surface area contributed by atoms with Gasteiger partial charge in [0, 0.05) is 38.4 Å². The van der Waals surface area contributed by atoms with Crippen LogP contribution in [0.5, 0.6) is 0 Å². The summed E-state index contributed by atoms with van der Waals surface area (Å²) in [5, 5.41) is 0. The van der Waals surface area contributed by atoms with Crippen LogP contribution in [0, 0.1) is 0 Å². The van der Waals surface area contributed by atoms with Crippen molar-refractivity contribution in [3.63, 3.8) is 0 Å². The Bertz CT molecular complexity index is 700. The van der Waals surface area contributed by atoms with Gasteiger partial charge in [0.1, 0.15) is 5.69 Å². The lowest BCUT2D eigenvalue weighted by molar-refractivity contribution is -0.0494. The predicted molar refractivity (Wildman–Crippen MR) is 104 cm³/mol. The number of hydrogen-bond acceptors (Lipinski definition) is 5. The third-order valence-electron chi connectivity index (χ3n) is 6.07. The average Bonchev–Trinajstić information content (AvgIpc) is 2.85. The average molecular weight is 387 g/mol. The molecular formula is C20H29N5O3. The Hall–Kier alpha value is -2.19. The molecule has 1 aromatic rings. The van der Waals surface area contributed by atoms with Crippen molar-refractivity contribution in [1.82, 2.24) is 19.7 Å². The number of urea groups is 1. The number of carbonyl (C=O) groups excluding carboxylic acids is 2. The van der Waals surface area contributed by atoms with E-state index < -0.39 is 5.91 Å². The summed E-state index contributed by atoms with van der Waals surface area (Å²) < 4.78 is 5.85. The molecule has 3 fully saturated rings. The number of rotatable bonds is 5. The molecule has 8 heteroatoms. The molecule has 0 radical (unpaired) electrons. The molecule has 0 unspecified atom stereocenters. The molecule has 1 aromatic heterocycles. The number of ether oxygens (including phenoxy) is 1. The zero-order valence-electron chi connectivity index (χ0n) is 16.3. The summed E-state index contributed by atoms with van der Waals surface area (Å²) in [7, 11) is 0. The number of likely N-dealkylation sites (tertiary alicyclic amines) is 1. The van der Waals surface area contributed by atoms with Crippen LogP contribution in [0.2, 0.25) is 0 Å². The number of hydrogen-bond donors (Lipinski definition) is 1. The van der Waals surface area contributed by atoms with E-state index in [0.29, 0.717) is 19.7 Å². The second-order valence-corrected chi connectivity index (χ2v) is 8.00. The first kappa shape index (κ1) is 19.1. The van der Waals surface area contributed by atoms with Gasteiger partial charge in [0.15, 0.2) is 0 Å². The van der Waals surface area contributed by atoms with Crippen molar-refractivity contribution < 1.29 is 14.3 Å². The molecule has 0 aromatic carbocycles. The van der Waals surface area contributed by atoms with Gasteiger partial charge in [-0.05, 0) is 30.9 Å². The number of amides is 3. The largest absolute Gasteiger partial charge is 0.370 e.